The molecule has 0 bridgehead atoms. The average molecular weight is 361 g/mol. The molecule has 27 heavy (non-hydrogen) atoms. The van der Waals surface area contributed by atoms with E-state index in [0.29, 0.717) is 23.6 Å². The van der Waals surface area contributed by atoms with Gasteiger partial charge >= 0.3 is 0 Å². The Labute approximate surface area is 156 Å². The third-order valence-corrected chi connectivity index (χ3v) is 4.49. The molecule has 0 saturated carbocycles. The molecule has 0 saturated heterocycles. The van der Waals surface area contributed by atoms with Gasteiger partial charge in [0.1, 0.15) is 23.7 Å². The summed E-state index contributed by atoms with van der Waals surface area (Å²) in [6.07, 6.45) is 7.64. The lowest BCUT2D eigenvalue weighted by Gasteiger charge is -2.14. The molecule has 0 radical (unpaired) electrons. The van der Waals surface area contributed by atoms with Crippen LogP contribution in [0.25, 0.3) is 11.4 Å². The highest BCUT2D eigenvalue weighted by molar-refractivity contribution is 5.92. The maximum atomic E-state index is 11.6. The maximum absolute atomic E-state index is 11.6. The van der Waals surface area contributed by atoms with Gasteiger partial charge in [0.25, 0.3) is 0 Å². The van der Waals surface area contributed by atoms with Crippen LogP contribution in [-0.4, -0.2) is 32.2 Å². The fourth-order valence-corrected chi connectivity index (χ4v) is 3.19. The molecular weight excluding hydrogens is 342 g/mol. The van der Waals surface area contributed by atoms with Gasteiger partial charge in [-0.15, -0.1) is 0 Å². The number of benzene rings is 1. The Morgan fingerprint density at radius 2 is 2.04 bits per heavy atom. The molecule has 0 atom stereocenters. The van der Waals surface area contributed by atoms with Gasteiger partial charge in [-0.2, -0.15) is 5.10 Å². The fraction of sp³-hybridized carbons (Fsp3) is 0.250. The highest BCUT2D eigenvalue weighted by Gasteiger charge is 2.18. The van der Waals surface area contributed by atoms with Crippen molar-refractivity contribution in [2.24, 2.45) is 4.99 Å². The van der Waals surface area contributed by atoms with Crippen molar-refractivity contribution in [3.8, 4) is 17.1 Å². The van der Waals surface area contributed by atoms with E-state index in [0.717, 1.165) is 28.8 Å². The van der Waals surface area contributed by atoms with E-state index in [9.17, 15) is 4.79 Å². The molecule has 136 valence electrons. The molecule has 0 spiro atoms. The van der Waals surface area contributed by atoms with Crippen molar-refractivity contribution < 1.29 is 9.53 Å². The Kier molecular flexibility index (Phi) is 4.50. The molecule has 4 rings (SSSR count). The molecular formula is C20H19N5O2. The number of fused-ring (bicyclic) bond motifs is 1. The van der Waals surface area contributed by atoms with Crippen LogP contribution in [0.5, 0.6) is 5.75 Å². The average Bonchev–Trinajstić information content (AvgIpc) is 3.35. The van der Waals surface area contributed by atoms with E-state index in [1.54, 1.807) is 30.9 Å². The van der Waals surface area contributed by atoms with Crippen LogP contribution >= 0.6 is 0 Å². The van der Waals surface area contributed by atoms with Crippen molar-refractivity contribution in [3.63, 3.8) is 0 Å². The summed E-state index contributed by atoms with van der Waals surface area (Å²) in [6, 6.07) is 5.83. The van der Waals surface area contributed by atoms with E-state index < -0.39 is 0 Å². The van der Waals surface area contributed by atoms with E-state index >= 15 is 0 Å². The van der Waals surface area contributed by atoms with Gasteiger partial charge in [0, 0.05) is 30.8 Å². The van der Waals surface area contributed by atoms with Crippen LogP contribution in [0.3, 0.4) is 0 Å². The molecule has 7 heteroatoms. The first-order valence-electron chi connectivity index (χ1n) is 8.76. The molecule has 1 aromatic carbocycles. The zero-order valence-corrected chi connectivity index (χ0v) is 15.2. The topological polar surface area (TPSA) is 82.3 Å². The molecule has 1 aliphatic heterocycles. The largest absolute Gasteiger partial charge is 0.486 e. The van der Waals surface area contributed by atoms with Gasteiger partial charge in [-0.05, 0) is 43.2 Å². The highest BCUT2D eigenvalue weighted by Crippen LogP contribution is 2.29. The summed E-state index contributed by atoms with van der Waals surface area (Å²) in [5.41, 5.74) is 4.71. The lowest BCUT2D eigenvalue weighted by molar-refractivity contribution is 0.111. The molecule has 7 nitrogen and oxygen atoms in total. The number of carbonyl (C=O) groups is 1. The van der Waals surface area contributed by atoms with E-state index in [1.807, 2.05) is 16.8 Å². The predicted molar refractivity (Wildman–Crippen MR) is 101 cm³/mol. The van der Waals surface area contributed by atoms with Gasteiger partial charge in [0.05, 0.1) is 17.8 Å². The van der Waals surface area contributed by atoms with E-state index in [1.165, 1.54) is 0 Å². The molecule has 1 aliphatic rings. The number of aliphatic imine (C=N–C) groups is 1. The zero-order chi connectivity index (χ0) is 18.8. The van der Waals surface area contributed by atoms with Crippen molar-refractivity contribution in [2.45, 2.75) is 33.0 Å². The van der Waals surface area contributed by atoms with Crippen LogP contribution < -0.4 is 4.74 Å². The summed E-state index contributed by atoms with van der Waals surface area (Å²) in [6.45, 7) is 4.83. The van der Waals surface area contributed by atoms with Gasteiger partial charge in [0.15, 0.2) is 6.29 Å². The normalized spacial score (nSPS) is 12.4. The number of nitrogens with zero attached hydrogens (tertiary/aromatic N) is 5. The summed E-state index contributed by atoms with van der Waals surface area (Å²) in [5, 5.41) is 4.37. The number of carbonyl (C=O) groups excluding carboxylic acids is 1. The number of ether oxygens (including phenoxy) is 1. The summed E-state index contributed by atoms with van der Waals surface area (Å²) in [5.74, 6) is 0.531. The Morgan fingerprint density at radius 1 is 1.19 bits per heavy atom. The summed E-state index contributed by atoms with van der Waals surface area (Å²) in [4.78, 5) is 24.7. The Bertz CT molecular complexity index is 1020. The van der Waals surface area contributed by atoms with Gasteiger partial charge < -0.3 is 4.74 Å². The number of aromatic nitrogens is 4. The Morgan fingerprint density at radius 3 is 2.85 bits per heavy atom. The number of rotatable bonds is 6. The molecule has 3 heterocycles. The first-order chi connectivity index (χ1) is 13.2. The second-order valence-electron chi connectivity index (χ2n) is 6.53. The molecule has 3 aromatic rings. The minimum absolute atomic E-state index is 0.198. The van der Waals surface area contributed by atoms with Crippen LogP contribution in [0.2, 0.25) is 0 Å². The summed E-state index contributed by atoms with van der Waals surface area (Å²) in [7, 11) is 0. The first kappa shape index (κ1) is 17.1. The quantitative estimate of drug-likeness (QED) is 0.630. The Balaban J connectivity index is 1.64. The van der Waals surface area contributed by atoms with Gasteiger partial charge in [-0.25, -0.2) is 0 Å². The number of hydrogen-bond acceptors (Lipinski definition) is 6. The summed E-state index contributed by atoms with van der Waals surface area (Å²) < 4.78 is 7.86. The molecule has 0 N–H and O–H groups in total. The third-order valence-electron chi connectivity index (χ3n) is 4.49. The minimum Gasteiger partial charge on any atom is -0.486 e. The smallest absolute Gasteiger partial charge is 0.154 e. The molecule has 0 unspecified atom stereocenters. The lowest BCUT2D eigenvalue weighted by Crippen LogP contribution is -2.09. The van der Waals surface area contributed by atoms with E-state index in [4.69, 9.17) is 4.74 Å². The van der Waals surface area contributed by atoms with Crippen LogP contribution in [-0.2, 0) is 13.2 Å². The van der Waals surface area contributed by atoms with Gasteiger partial charge in [0.2, 0.25) is 0 Å². The second kappa shape index (κ2) is 7.11. The lowest BCUT2D eigenvalue weighted by atomic mass is 10.0. The van der Waals surface area contributed by atoms with Gasteiger partial charge in [-0.1, -0.05) is 0 Å². The SMILES string of the molecule is CC(C)n1nccc1-c1nccnc1COc1ccc2c(c1C=O)CN=C2. The third kappa shape index (κ3) is 3.12. The van der Waals surface area contributed by atoms with Crippen molar-refractivity contribution in [3.05, 3.63) is 59.2 Å². The van der Waals surface area contributed by atoms with E-state index in [2.05, 4.69) is 33.9 Å². The second-order valence-corrected chi connectivity index (χ2v) is 6.53. The van der Waals surface area contributed by atoms with Crippen molar-refractivity contribution in [1.29, 1.82) is 0 Å². The first-order valence-corrected chi connectivity index (χ1v) is 8.76. The van der Waals surface area contributed by atoms with Crippen LogP contribution in [0.15, 0.2) is 41.8 Å². The molecule has 0 fully saturated rings. The zero-order valence-electron chi connectivity index (χ0n) is 15.2. The fourth-order valence-electron chi connectivity index (χ4n) is 3.19. The maximum Gasteiger partial charge on any atom is 0.154 e. The minimum atomic E-state index is 0.198. The van der Waals surface area contributed by atoms with Crippen LogP contribution in [0, 0.1) is 0 Å². The number of aldehydes is 1. The van der Waals surface area contributed by atoms with Gasteiger partial charge in [-0.3, -0.25) is 24.4 Å². The van der Waals surface area contributed by atoms with Crippen LogP contribution in [0.1, 0.15) is 47.1 Å². The van der Waals surface area contributed by atoms with E-state index in [-0.39, 0.29) is 12.6 Å². The van der Waals surface area contributed by atoms with Crippen molar-refractivity contribution >= 4 is 12.5 Å². The Hall–Kier alpha value is -3.35. The molecule has 0 aliphatic carbocycles. The highest BCUT2D eigenvalue weighted by atomic mass is 16.5. The van der Waals surface area contributed by atoms with Crippen molar-refractivity contribution in [2.75, 3.05) is 0 Å². The van der Waals surface area contributed by atoms with Crippen molar-refractivity contribution in [1.82, 2.24) is 19.7 Å². The molecule has 2 aromatic heterocycles. The molecule has 0 amide bonds. The summed E-state index contributed by atoms with van der Waals surface area (Å²) >= 11 is 0. The predicted octanol–water partition coefficient (Wildman–Crippen LogP) is 3.25. The van der Waals surface area contributed by atoms with Crippen LogP contribution in [0.4, 0.5) is 0 Å². The number of hydrogen-bond donors (Lipinski definition) is 0. The monoisotopic (exact) mass is 361 g/mol. The standard InChI is InChI=1S/C20H19N5O2/c1-13(2)25-18(5-6-24-25)20-17(22-7-8-23-20)12-27-19-4-3-14-9-21-10-15(14)16(19)11-26/h3-9,11,13H,10,12H2,1-2H3.